The molecule has 1 aliphatic carbocycles. The molecule has 2 N–H and O–H groups in total. The third kappa shape index (κ3) is 2.58. The molecule has 0 heterocycles. The second-order valence-electron chi connectivity index (χ2n) is 4.55. The Morgan fingerprint density at radius 1 is 1.56 bits per heavy atom. The van der Waals surface area contributed by atoms with Crippen LogP contribution in [0.15, 0.2) is 18.2 Å². The second kappa shape index (κ2) is 4.64. The number of hydrogen-bond donors (Lipinski definition) is 2. The SMILES string of the molecule is Cc1cc([N+](=O)[O-])ccc1NC(C(=O)O)C1CC1. The second-order valence-corrected chi connectivity index (χ2v) is 4.55. The number of nitrogens with zero attached hydrogens (tertiary/aromatic N) is 1. The highest BCUT2D eigenvalue weighted by atomic mass is 16.6. The molecule has 1 saturated carbocycles. The van der Waals surface area contributed by atoms with Gasteiger partial charge in [-0.2, -0.15) is 0 Å². The van der Waals surface area contributed by atoms with E-state index in [0.29, 0.717) is 11.3 Å². The van der Waals surface area contributed by atoms with Crippen LogP contribution in [0.5, 0.6) is 0 Å². The van der Waals surface area contributed by atoms with E-state index in [9.17, 15) is 14.9 Å². The van der Waals surface area contributed by atoms with E-state index in [0.717, 1.165) is 12.8 Å². The van der Waals surface area contributed by atoms with Crippen LogP contribution in [0.25, 0.3) is 0 Å². The Bertz CT molecular complexity index is 497. The van der Waals surface area contributed by atoms with E-state index in [2.05, 4.69) is 5.32 Å². The van der Waals surface area contributed by atoms with Crippen molar-refractivity contribution in [2.75, 3.05) is 5.32 Å². The molecule has 1 aromatic rings. The van der Waals surface area contributed by atoms with Crippen molar-refractivity contribution in [2.45, 2.75) is 25.8 Å². The molecule has 0 amide bonds. The molecule has 1 unspecified atom stereocenters. The van der Waals surface area contributed by atoms with Crippen LogP contribution in [-0.2, 0) is 4.79 Å². The van der Waals surface area contributed by atoms with Gasteiger partial charge in [0.25, 0.3) is 5.69 Å². The molecule has 96 valence electrons. The van der Waals surface area contributed by atoms with Gasteiger partial charge in [-0.15, -0.1) is 0 Å². The zero-order valence-corrected chi connectivity index (χ0v) is 9.92. The first kappa shape index (κ1) is 12.3. The summed E-state index contributed by atoms with van der Waals surface area (Å²) in [4.78, 5) is 21.2. The third-order valence-corrected chi connectivity index (χ3v) is 3.09. The Morgan fingerprint density at radius 3 is 2.67 bits per heavy atom. The van der Waals surface area contributed by atoms with Gasteiger partial charge >= 0.3 is 5.97 Å². The fourth-order valence-electron chi connectivity index (χ4n) is 1.90. The summed E-state index contributed by atoms with van der Waals surface area (Å²) in [5.41, 5.74) is 1.33. The predicted molar refractivity (Wildman–Crippen MR) is 65.6 cm³/mol. The number of nitro benzene ring substituents is 1. The molecule has 1 aromatic carbocycles. The van der Waals surface area contributed by atoms with Crippen molar-refractivity contribution < 1.29 is 14.8 Å². The fraction of sp³-hybridized carbons (Fsp3) is 0.417. The number of non-ortho nitro benzene ring substituents is 1. The normalized spacial score (nSPS) is 16.1. The summed E-state index contributed by atoms with van der Waals surface area (Å²) in [6.45, 7) is 1.72. The number of rotatable bonds is 5. The molecule has 0 spiro atoms. The van der Waals surface area contributed by atoms with Crippen LogP contribution in [0.3, 0.4) is 0 Å². The smallest absolute Gasteiger partial charge is 0.326 e. The lowest BCUT2D eigenvalue weighted by Gasteiger charge is -2.16. The Morgan fingerprint density at radius 2 is 2.22 bits per heavy atom. The molecule has 6 heteroatoms. The Kier molecular flexibility index (Phi) is 3.18. The molecule has 1 aliphatic rings. The summed E-state index contributed by atoms with van der Waals surface area (Å²) in [7, 11) is 0. The van der Waals surface area contributed by atoms with Gasteiger partial charge in [0, 0.05) is 17.8 Å². The highest BCUT2D eigenvalue weighted by Crippen LogP contribution is 2.35. The Labute approximate surface area is 104 Å². The number of nitro groups is 1. The monoisotopic (exact) mass is 250 g/mol. The summed E-state index contributed by atoms with van der Waals surface area (Å²) in [5, 5.41) is 22.7. The third-order valence-electron chi connectivity index (χ3n) is 3.09. The molecular weight excluding hydrogens is 236 g/mol. The number of carboxylic acids is 1. The summed E-state index contributed by atoms with van der Waals surface area (Å²) >= 11 is 0. The van der Waals surface area contributed by atoms with Crippen molar-refractivity contribution >= 4 is 17.3 Å². The minimum Gasteiger partial charge on any atom is -0.480 e. The van der Waals surface area contributed by atoms with Crippen molar-refractivity contribution in [2.24, 2.45) is 5.92 Å². The fourth-order valence-corrected chi connectivity index (χ4v) is 1.90. The molecule has 0 radical (unpaired) electrons. The van der Waals surface area contributed by atoms with E-state index in [1.54, 1.807) is 13.0 Å². The molecule has 1 atom stereocenters. The minimum absolute atomic E-state index is 0.0105. The number of hydrogen-bond acceptors (Lipinski definition) is 4. The molecule has 0 bridgehead atoms. The Hall–Kier alpha value is -2.11. The maximum absolute atomic E-state index is 11.1. The Balaban J connectivity index is 2.18. The zero-order valence-electron chi connectivity index (χ0n) is 9.92. The number of aryl methyl sites for hydroxylation is 1. The van der Waals surface area contributed by atoms with Crippen molar-refractivity contribution in [3.8, 4) is 0 Å². The number of anilines is 1. The van der Waals surface area contributed by atoms with Gasteiger partial charge in [0.15, 0.2) is 0 Å². The van der Waals surface area contributed by atoms with Gasteiger partial charge in [0.05, 0.1) is 4.92 Å². The lowest BCUT2D eigenvalue weighted by molar-refractivity contribution is -0.384. The van der Waals surface area contributed by atoms with Crippen molar-refractivity contribution in [3.05, 3.63) is 33.9 Å². The number of carboxylic acid groups (broad SMARTS) is 1. The molecule has 0 saturated heterocycles. The van der Waals surface area contributed by atoms with Gasteiger partial charge in [0.2, 0.25) is 0 Å². The van der Waals surface area contributed by atoms with Crippen LogP contribution in [-0.4, -0.2) is 22.0 Å². The summed E-state index contributed by atoms with van der Waals surface area (Å²) in [6.07, 6.45) is 1.83. The van der Waals surface area contributed by atoms with E-state index in [1.165, 1.54) is 12.1 Å². The van der Waals surface area contributed by atoms with Gasteiger partial charge in [-0.3, -0.25) is 10.1 Å². The van der Waals surface area contributed by atoms with E-state index in [-0.39, 0.29) is 11.6 Å². The summed E-state index contributed by atoms with van der Waals surface area (Å²) < 4.78 is 0. The van der Waals surface area contributed by atoms with Gasteiger partial charge in [-0.1, -0.05) is 0 Å². The average Bonchev–Trinajstić information content (AvgIpc) is 3.10. The number of aliphatic carboxylic acids is 1. The van der Waals surface area contributed by atoms with Gasteiger partial charge in [0.1, 0.15) is 6.04 Å². The first-order valence-electron chi connectivity index (χ1n) is 5.73. The molecule has 18 heavy (non-hydrogen) atoms. The standard InChI is InChI=1S/C12H14N2O4/c1-7-6-9(14(17)18)4-5-10(7)13-11(12(15)16)8-2-3-8/h4-6,8,11,13H,2-3H2,1H3,(H,15,16). The largest absolute Gasteiger partial charge is 0.480 e. The highest BCUT2D eigenvalue weighted by Gasteiger charge is 2.36. The van der Waals surface area contributed by atoms with E-state index < -0.39 is 16.9 Å². The molecule has 6 nitrogen and oxygen atoms in total. The number of benzene rings is 1. The highest BCUT2D eigenvalue weighted by molar-refractivity contribution is 5.78. The van der Waals surface area contributed by atoms with E-state index in [4.69, 9.17) is 5.11 Å². The summed E-state index contributed by atoms with van der Waals surface area (Å²) in [5.74, 6) is -0.715. The first-order valence-corrected chi connectivity index (χ1v) is 5.73. The van der Waals surface area contributed by atoms with Crippen molar-refractivity contribution in [1.29, 1.82) is 0 Å². The maximum atomic E-state index is 11.1. The lowest BCUT2D eigenvalue weighted by Crippen LogP contribution is -2.31. The molecule has 1 fully saturated rings. The van der Waals surface area contributed by atoms with Gasteiger partial charge < -0.3 is 10.4 Å². The summed E-state index contributed by atoms with van der Waals surface area (Å²) in [6, 6.07) is 3.77. The number of nitrogens with one attached hydrogen (secondary N) is 1. The van der Waals surface area contributed by atoms with Crippen LogP contribution < -0.4 is 5.32 Å². The predicted octanol–water partition coefficient (Wildman–Crippen LogP) is 2.18. The van der Waals surface area contributed by atoms with Crippen LogP contribution in [0.4, 0.5) is 11.4 Å². The van der Waals surface area contributed by atoms with Crippen LogP contribution >= 0.6 is 0 Å². The minimum atomic E-state index is -0.879. The lowest BCUT2D eigenvalue weighted by atomic mass is 10.1. The molecule has 0 aliphatic heterocycles. The molecule has 2 rings (SSSR count). The topological polar surface area (TPSA) is 92.5 Å². The average molecular weight is 250 g/mol. The van der Waals surface area contributed by atoms with Gasteiger partial charge in [-0.25, -0.2) is 4.79 Å². The van der Waals surface area contributed by atoms with Crippen molar-refractivity contribution in [3.63, 3.8) is 0 Å². The van der Waals surface area contributed by atoms with E-state index >= 15 is 0 Å². The van der Waals surface area contributed by atoms with Crippen LogP contribution in [0.1, 0.15) is 18.4 Å². The molecular formula is C12H14N2O4. The zero-order chi connectivity index (χ0) is 13.3. The number of carbonyl (C=O) groups is 1. The first-order chi connectivity index (χ1) is 8.49. The van der Waals surface area contributed by atoms with Crippen molar-refractivity contribution in [1.82, 2.24) is 0 Å². The quantitative estimate of drug-likeness (QED) is 0.617. The van der Waals surface area contributed by atoms with Crippen LogP contribution in [0.2, 0.25) is 0 Å². The molecule has 0 aromatic heterocycles. The maximum Gasteiger partial charge on any atom is 0.326 e. The van der Waals surface area contributed by atoms with Crippen LogP contribution in [0, 0.1) is 23.0 Å². The van der Waals surface area contributed by atoms with Gasteiger partial charge in [-0.05, 0) is 37.3 Å². The van der Waals surface area contributed by atoms with E-state index in [1.807, 2.05) is 0 Å².